The van der Waals surface area contributed by atoms with Gasteiger partial charge in [0.2, 0.25) is 5.88 Å². The lowest BCUT2D eigenvalue weighted by molar-refractivity contribution is 0.0805. The fraction of sp³-hybridized carbons (Fsp3) is 0.615. The molecule has 1 rings (SSSR count). The molecule has 1 aromatic heterocycles. The molecular formula is C13H22N2O2. The maximum Gasteiger partial charge on any atom is 0.213 e. The van der Waals surface area contributed by atoms with Crippen LogP contribution >= 0.6 is 0 Å². The highest BCUT2D eigenvalue weighted by atomic mass is 16.5. The standard InChI is InChI=1S/C13H22N2O2/c1-11(2)10-16-7-8-17-13-6-4-5-12(15-13)9-14-3/h4-6,11,14H,7-10H2,1-3H3. The molecule has 0 atom stereocenters. The fourth-order valence-electron chi connectivity index (χ4n) is 1.34. The van der Waals surface area contributed by atoms with Gasteiger partial charge in [-0.2, -0.15) is 0 Å². The number of nitrogens with one attached hydrogen (secondary N) is 1. The first-order valence-corrected chi connectivity index (χ1v) is 6.03. The Hall–Kier alpha value is -1.13. The number of nitrogens with zero attached hydrogens (tertiary/aromatic N) is 1. The van der Waals surface area contributed by atoms with Crippen molar-refractivity contribution >= 4 is 0 Å². The Kier molecular flexibility index (Phi) is 6.58. The van der Waals surface area contributed by atoms with E-state index in [-0.39, 0.29) is 0 Å². The second kappa shape index (κ2) is 8.03. The quantitative estimate of drug-likeness (QED) is 0.702. The Morgan fingerprint density at radius 2 is 2.12 bits per heavy atom. The molecule has 17 heavy (non-hydrogen) atoms. The molecule has 0 aliphatic heterocycles. The molecule has 4 nitrogen and oxygen atoms in total. The number of hydrogen-bond donors (Lipinski definition) is 1. The van der Waals surface area contributed by atoms with Crippen LogP contribution in [0.3, 0.4) is 0 Å². The first-order valence-electron chi connectivity index (χ1n) is 6.03. The Bertz CT molecular complexity index is 316. The second-order valence-electron chi connectivity index (χ2n) is 4.31. The van der Waals surface area contributed by atoms with Crippen LogP contribution in [-0.4, -0.2) is 31.9 Å². The van der Waals surface area contributed by atoms with Gasteiger partial charge in [0.1, 0.15) is 6.61 Å². The summed E-state index contributed by atoms with van der Waals surface area (Å²) in [6.07, 6.45) is 0. The van der Waals surface area contributed by atoms with Crippen molar-refractivity contribution < 1.29 is 9.47 Å². The predicted octanol–water partition coefficient (Wildman–Crippen LogP) is 1.85. The number of pyridine rings is 1. The molecule has 0 bridgehead atoms. The van der Waals surface area contributed by atoms with Crippen LogP contribution in [-0.2, 0) is 11.3 Å². The van der Waals surface area contributed by atoms with Gasteiger partial charge in [-0.15, -0.1) is 0 Å². The van der Waals surface area contributed by atoms with E-state index in [0.29, 0.717) is 25.0 Å². The van der Waals surface area contributed by atoms with E-state index in [2.05, 4.69) is 24.1 Å². The van der Waals surface area contributed by atoms with E-state index in [0.717, 1.165) is 18.8 Å². The number of aromatic nitrogens is 1. The molecule has 0 aliphatic carbocycles. The SMILES string of the molecule is CNCc1cccc(OCCOCC(C)C)n1. The van der Waals surface area contributed by atoms with Gasteiger partial charge in [-0.3, -0.25) is 0 Å². The van der Waals surface area contributed by atoms with Crippen molar-refractivity contribution in [3.05, 3.63) is 23.9 Å². The number of hydrogen-bond acceptors (Lipinski definition) is 4. The summed E-state index contributed by atoms with van der Waals surface area (Å²) in [6.45, 7) is 6.93. The molecule has 0 aromatic carbocycles. The van der Waals surface area contributed by atoms with Gasteiger partial charge in [0.25, 0.3) is 0 Å². The summed E-state index contributed by atoms with van der Waals surface area (Å²) in [5, 5.41) is 3.06. The van der Waals surface area contributed by atoms with Gasteiger partial charge in [0, 0.05) is 19.2 Å². The van der Waals surface area contributed by atoms with E-state index < -0.39 is 0 Å². The zero-order valence-electron chi connectivity index (χ0n) is 10.9. The van der Waals surface area contributed by atoms with Crippen LogP contribution in [0.4, 0.5) is 0 Å². The summed E-state index contributed by atoms with van der Waals surface area (Å²) < 4.78 is 10.9. The van der Waals surface area contributed by atoms with E-state index in [1.807, 2.05) is 25.2 Å². The molecule has 0 amide bonds. The average Bonchev–Trinajstić information content (AvgIpc) is 2.29. The van der Waals surface area contributed by atoms with E-state index in [4.69, 9.17) is 9.47 Å². The summed E-state index contributed by atoms with van der Waals surface area (Å²) in [5.41, 5.74) is 0.980. The Morgan fingerprint density at radius 3 is 2.82 bits per heavy atom. The third-order valence-electron chi connectivity index (χ3n) is 2.07. The largest absolute Gasteiger partial charge is 0.475 e. The maximum atomic E-state index is 5.51. The van der Waals surface area contributed by atoms with Crippen molar-refractivity contribution in [2.75, 3.05) is 26.9 Å². The Balaban J connectivity index is 2.24. The molecular weight excluding hydrogens is 216 g/mol. The van der Waals surface area contributed by atoms with Crippen molar-refractivity contribution in [1.82, 2.24) is 10.3 Å². The number of ether oxygens (including phenoxy) is 2. The maximum absolute atomic E-state index is 5.51. The van der Waals surface area contributed by atoms with Crippen molar-refractivity contribution in [3.63, 3.8) is 0 Å². The molecule has 1 N–H and O–H groups in total. The number of rotatable bonds is 8. The molecule has 4 heteroatoms. The summed E-state index contributed by atoms with van der Waals surface area (Å²) in [5.74, 6) is 1.22. The topological polar surface area (TPSA) is 43.4 Å². The highest BCUT2D eigenvalue weighted by molar-refractivity contribution is 5.15. The van der Waals surface area contributed by atoms with E-state index in [1.54, 1.807) is 0 Å². The van der Waals surface area contributed by atoms with Gasteiger partial charge in [0.15, 0.2) is 0 Å². The zero-order chi connectivity index (χ0) is 12.5. The molecule has 0 aliphatic rings. The summed E-state index contributed by atoms with van der Waals surface area (Å²) in [4.78, 5) is 4.35. The van der Waals surface area contributed by atoms with Crippen molar-refractivity contribution in [2.45, 2.75) is 20.4 Å². The highest BCUT2D eigenvalue weighted by Crippen LogP contribution is 2.07. The van der Waals surface area contributed by atoms with Crippen molar-refractivity contribution in [2.24, 2.45) is 5.92 Å². The minimum atomic E-state index is 0.544. The predicted molar refractivity (Wildman–Crippen MR) is 68.2 cm³/mol. The molecule has 0 radical (unpaired) electrons. The third-order valence-corrected chi connectivity index (χ3v) is 2.07. The van der Waals surface area contributed by atoms with Crippen LogP contribution in [0.1, 0.15) is 19.5 Å². The van der Waals surface area contributed by atoms with Gasteiger partial charge in [-0.1, -0.05) is 19.9 Å². The molecule has 0 spiro atoms. The average molecular weight is 238 g/mol. The lowest BCUT2D eigenvalue weighted by Crippen LogP contribution is -2.12. The minimum Gasteiger partial charge on any atom is -0.475 e. The Labute approximate surface area is 103 Å². The van der Waals surface area contributed by atoms with Gasteiger partial charge in [-0.05, 0) is 19.0 Å². The van der Waals surface area contributed by atoms with Crippen LogP contribution < -0.4 is 10.1 Å². The lowest BCUT2D eigenvalue weighted by atomic mass is 10.2. The molecule has 0 fully saturated rings. The third kappa shape index (κ3) is 6.24. The molecule has 1 heterocycles. The van der Waals surface area contributed by atoms with Crippen LogP contribution in [0.15, 0.2) is 18.2 Å². The lowest BCUT2D eigenvalue weighted by Gasteiger charge is -2.08. The summed E-state index contributed by atoms with van der Waals surface area (Å²) >= 11 is 0. The van der Waals surface area contributed by atoms with Crippen molar-refractivity contribution in [3.8, 4) is 5.88 Å². The Morgan fingerprint density at radius 1 is 1.29 bits per heavy atom. The van der Waals surface area contributed by atoms with E-state index in [1.165, 1.54) is 0 Å². The summed E-state index contributed by atoms with van der Waals surface area (Å²) in [6, 6.07) is 5.78. The first kappa shape index (κ1) is 13.9. The zero-order valence-corrected chi connectivity index (χ0v) is 10.9. The van der Waals surface area contributed by atoms with Crippen molar-refractivity contribution in [1.29, 1.82) is 0 Å². The van der Waals surface area contributed by atoms with Crippen LogP contribution in [0.5, 0.6) is 5.88 Å². The highest BCUT2D eigenvalue weighted by Gasteiger charge is 1.98. The molecule has 0 unspecified atom stereocenters. The first-order chi connectivity index (χ1) is 8.22. The van der Waals surface area contributed by atoms with Gasteiger partial charge < -0.3 is 14.8 Å². The van der Waals surface area contributed by atoms with Gasteiger partial charge >= 0.3 is 0 Å². The smallest absolute Gasteiger partial charge is 0.213 e. The van der Waals surface area contributed by atoms with E-state index in [9.17, 15) is 0 Å². The van der Waals surface area contributed by atoms with Crippen LogP contribution in [0, 0.1) is 5.92 Å². The monoisotopic (exact) mass is 238 g/mol. The second-order valence-corrected chi connectivity index (χ2v) is 4.31. The molecule has 0 saturated heterocycles. The molecule has 1 aromatic rings. The fourth-order valence-corrected chi connectivity index (χ4v) is 1.34. The minimum absolute atomic E-state index is 0.544. The summed E-state index contributed by atoms with van der Waals surface area (Å²) in [7, 11) is 1.90. The van der Waals surface area contributed by atoms with Gasteiger partial charge in [0.05, 0.1) is 12.3 Å². The van der Waals surface area contributed by atoms with E-state index >= 15 is 0 Å². The van der Waals surface area contributed by atoms with Crippen LogP contribution in [0.25, 0.3) is 0 Å². The molecule has 0 saturated carbocycles. The van der Waals surface area contributed by atoms with Crippen LogP contribution in [0.2, 0.25) is 0 Å². The van der Waals surface area contributed by atoms with Gasteiger partial charge in [-0.25, -0.2) is 4.98 Å². The molecule has 96 valence electrons. The normalized spacial score (nSPS) is 10.8.